The Hall–Kier alpha value is -2.20. The number of furan rings is 1. The molecular formula is C16H13ClFNO2. The molecule has 1 N–H and O–H groups in total. The Morgan fingerprint density at radius 3 is 2.86 bits per heavy atom. The van der Waals surface area contributed by atoms with Gasteiger partial charge in [0.15, 0.2) is 11.3 Å². The van der Waals surface area contributed by atoms with E-state index in [-0.39, 0.29) is 5.82 Å². The second-order valence-electron chi connectivity index (χ2n) is 4.57. The van der Waals surface area contributed by atoms with E-state index in [2.05, 4.69) is 5.32 Å². The molecule has 0 aliphatic carbocycles. The summed E-state index contributed by atoms with van der Waals surface area (Å²) >= 11 is 5.97. The number of rotatable bonds is 4. The summed E-state index contributed by atoms with van der Waals surface area (Å²) in [6.07, 6.45) is 0. The molecule has 0 saturated heterocycles. The van der Waals surface area contributed by atoms with E-state index in [0.29, 0.717) is 28.6 Å². The van der Waals surface area contributed by atoms with Gasteiger partial charge in [-0.15, -0.1) is 0 Å². The van der Waals surface area contributed by atoms with E-state index >= 15 is 0 Å². The second kappa shape index (κ2) is 5.66. The summed E-state index contributed by atoms with van der Waals surface area (Å²) in [7, 11) is 1.60. The molecule has 0 amide bonds. The number of hydrogen-bond donors (Lipinski definition) is 1. The lowest BCUT2D eigenvalue weighted by Crippen LogP contribution is -1.98. The Kier molecular flexibility index (Phi) is 3.71. The number of hydrogen-bond acceptors (Lipinski definition) is 3. The van der Waals surface area contributed by atoms with Crippen molar-refractivity contribution < 1.29 is 13.5 Å². The first kappa shape index (κ1) is 13.8. The lowest BCUT2D eigenvalue weighted by Gasteiger charge is -2.06. The molecule has 0 atom stereocenters. The maximum Gasteiger partial charge on any atom is 0.176 e. The molecule has 0 bridgehead atoms. The van der Waals surface area contributed by atoms with Crippen molar-refractivity contribution in [2.45, 2.75) is 6.54 Å². The number of anilines is 1. The molecule has 1 heterocycles. The summed E-state index contributed by atoms with van der Waals surface area (Å²) in [4.78, 5) is 0. The van der Waals surface area contributed by atoms with Gasteiger partial charge in [-0.05, 0) is 30.3 Å². The van der Waals surface area contributed by atoms with Gasteiger partial charge in [-0.25, -0.2) is 4.39 Å². The normalized spacial score (nSPS) is 10.8. The van der Waals surface area contributed by atoms with Crippen LogP contribution in [0.1, 0.15) is 5.76 Å². The topological polar surface area (TPSA) is 34.4 Å². The van der Waals surface area contributed by atoms with Crippen LogP contribution in [0.25, 0.3) is 11.0 Å². The van der Waals surface area contributed by atoms with Crippen molar-refractivity contribution in [2.75, 3.05) is 12.4 Å². The first-order chi connectivity index (χ1) is 10.2. The highest BCUT2D eigenvalue weighted by molar-refractivity contribution is 6.33. The van der Waals surface area contributed by atoms with Crippen LogP contribution >= 0.6 is 11.6 Å². The van der Waals surface area contributed by atoms with E-state index in [1.807, 2.05) is 24.3 Å². The van der Waals surface area contributed by atoms with Crippen molar-refractivity contribution in [1.82, 2.24) is 0 Å². The van der Waals surface area contributed by atoms with Crippen molar-refractivity contribution in [3.8, 4) is 5.75 Å². The van der Waals surface area contributed by atoms with Crippen LogP contribution in [0.3, 0.4) is 0 Å². The zero-order valence-electron chi connectivity index (χ0n) is 11.3. The fourth-order valence-electron chi connectivity index (χ4n) is 2.15. The summed E-state index contributed by atoms with van der Waals surface area (Å²) in [5.41, 5.74) is 1.37. The lowest BCUT2D eigenvalue weighted by molar-refractivity contribution is 0.408. The third-order valence-corrected chi connectivity index (χ3v) is 3.48. The number of methoxy groups -OCH3 is 1. The van der Waals surface area contributed by atoms with Crippen LogP contribution in [0, 0.1) is 5.82 Å². The maximum absolute atomic E-state index is 13.0. The third-order valence-electron chi connectivity index (χ3n) is 3.16. The first-order valence-electron chi connectivity index (χ1n) is 6.42. The zero-order valence-corrected chi connectivity index (χ0v) is 12.1. The Bertz CT molecular complexity index is 785. The van der Waals surface area contributed by atoms with Crippen LogP contribution < -0.4 is 10.1 Å². The van der Waals surface area contributed by atoms with Gasteiger partial charge < -0.3 is 14.5 Å². The molecule has 1 aromatic heterocycles. The summed E-state index contributed by atoms with van der Waals surface area (Å²) in [5, 5.41) is 4.43. The fourth-order valence-corrected chi connectivity index (χ4v) is 2.39. The molecule has 2 aromatic carbocycles. The van der Waals surface area contributed by atoms with Crippen LogP contribution in [0.4, 0.5) is 10.1 Å². The monoisotopic (exact) mass is 305 g/mol. The van der Waals surface area contributed by atoms with Crippen molar-refractivity contribution in [3.63, 3.8) is 0 Å². The van der Waals surface area contributed by atoms with Gasteiger partial charge in [-0.3, -0.25) is 0 Å². The molecule has 5 heteroatoms. The maximum atomic E-state index is 13.0. The zero-order chi connectivity index (χ0) is 14.8. The first-order valence-corrected chi connectivity index (χ1v) is 6.79. The van der Waals surface area contributed by atoms with Gasteiger partial charge in [0.25, 0.3) is 0 Å². The third kappa shape index (κ3) is 2.81. The predicted molar refractivity (Wildman–Crippen MR) is 81.5 cm³/mol. The molecule has 3 aromatic rings. The molecule has 0 fully saturated rings. The van der Waals surface area contributed by atoms with E-state index < -0.39 is 0 Å². The number of halogens is 2. The van der Waals surface area contributed by atoms with E-state index in [4.69, 9.17) is 20.8 Å². The van der Waals surface area contributed by atoms with Gasteiger partial charge in [0.2, 0.25) is 0 Å². The quantitative estimate of drug-likeness (QED) is 0.748. The summed E-state index contributed by atoms with van der Waals surface area (Å²) in [6, 6.07) is 11.9. The van der Waals surface area contributed by atoms with E-state index in [1.165, 1.54) is 12.1 Å². The van der Waals surface area contributed by atoms with Crippen molar-refractivity contribution >= 4 is 28.3 Å². The lowest BCUT2D eigenvalue weighted by atomic mass is 10.2. The Morgan fingerprint density at radius 2 is 2.10 bits per heavy atom. The van der Waals surface area contributed by atoms with Crippen LogP contribution in [-0.2, 0) is 6.54 Å². The highest BCUT2D eigenvalue weighted by Gasteiger charge is 2.09. The molecule has 3 nitrogen and oxygen atoms in total. The van der Waals surface area contributed by atoms with Gasteiger partial charge in [0.05, 0.1) is 24.4 Å². The molecule has 0 aliphatic rings. The molecule has 21 heavy (non-hydrogen) atoms. The highest BCUT2D eigenvalue weighted by Crippen LogP contribution is 2.29. The molecule has 0 unspecified atom stereocenters. The minimum atomic E-state index is -0.362. The van der Waals surface area contributed by atoms with Crippen LogP contribution in [0.15, 0.2) is 46.9 Å². The standard InChI is InChI=1S/C16H13ClFNO2/c1-20-15-4-2-3-10-7-12(21-16(10)15)9-19-14-6-5-11(18)8-13(14)17/h2-8,19H,9H2,1H3. The SMILES string of the molecule is COc1cccc2cc(CNc3ccc(F)cc3Cl)oc12. The Morgan fingerprint density at radius 1 is 1.24 bits per heavy atom. The summed E-state index contributed by atoms with van der Waals surface area (Å²) in [6.45, 7) is 0.448. The van der Waals surface area contributed by atoms with Gasteiger partial charge in [0.1, 0.15) is 11.6 Å². The number of para-hydroxylation sites is 1. The minimum absolute atomic E-state index is 0.337. The molecular weight excluding hydrogens is 293 g/mol. The van der Waals surface area contributed by atoms with Crippen molar-refractivity contribution in [2.24, 2.45) is 0 Å². The van der Waals surface area contributed by atoms with Gasteiger partial charge >= 0.3 is 0 Å². The largest absolute Gasteiger partial charge is 0.493 e. The molecule has 0 spiro atoms. The molecule has 0 aliphatic heterocycles. The average Bonchev–Trinajstić information content (AvgIpc) is 2.89. The summed E-state index contributed by atoms with van der Waals surface area (Å²) < 4.78 is 24.0. The van der Waals surface area contributed by atoms with Crippen LogP contribution in [-0.4, -0.2) is 7.11 Å². The second-order valence-corrected chi connectivity index (χ2v) is 4.98. The molecule has 0 saturated carbocycles. The smallest absolute Gasteiger partial charge is 0.176 e. The van der Waals surface area contributed by atoms with Crippen LogP contribution in [0.2, 0.25) is 5.02 Å². The van der Waals surface area contributed by atoms with Gasteiger partial charge in [-0.2, -0.15) is 0 Å². The van der Waals surface area contributed by atoms with E-state index in [9.17, 15) is 4.39 Å². The number of fused-ring (bicyclic) bond motifs is 1. The minimum Gasteiger partial charge on any atom is -0.493 e. The van der Waals surface area contributed by atoms with Crippen LogP contribution in [0.5, 0.6) is 5.75 Å². The number of benzene rings is 2. The number of nitrogens with one attached hydrogen (secondary N) is 1. The number of ether oxygens (including phenoxy) is 1. The summed E-state index contributed by atoms with van der Waals surface area (Å²) in [5.74, 6) is 1.08. The molecule has 0 radical (unpaired) electrons. The van der Waals surface area contributed by atoms with Gasteiger partial charge in [0, 0.05) is 5.39 Å². The molecule has 108 valence electrons. The predicted octanol–water partition coefficient (Wildman–Crippen LogP) is 4.85. The van der Waals surface area contributed by atoms with Crippen molar-refractivity contribution in [1.29, 1.82) is 0 Å². The average molecular weight is 306 g/mol. The Balaban J connectivity index is 1.82. The molecule has 3 rings (SSSR count). The highest BCUT2D eigenvalue weighted by atomic mass is 35.5. The van der Waals surface area contributed by atoms with E-state index in [0.717, 1.165) is 11.1 Å². The van der Waals surface area contributed by atoms with E-state index in [1.54, 1.807) is 13.2 Å². The van der Waals surface area contributed by atoms with Gasteiger partial charge in [-0.1, -0.05) is 23.7 Å². The Labute approximate surface area is 126 Å². The van der Waals surface area contributed by atoms with Crippen molar-refractivity contribution in [3.05, 3.63) is 59.1 Å². The fraction of sp³-hybridized carbons (Fsp3) is 0.125.